The first kappa shape index (κ1) is 17.4. The molecule has 3 rings (SSSR count). The molecule has 0 radical (unpaired) electrons. The molecule has 0 unspecified atom stereocenters. The number of methoxy groups -OCH3 is 1. The predicted octanol–water partition coefficient (Wildman–Crippen LogP) is 1.27. The molecule has 1 aromatic carbocycles. The number of likely N-dealkylation sites (tertiary alicyclic amines) is 1. The van der Waals surface area contributed by atoms with Gasteiger partial charge in [-0.2, -0.15) is 15.0 Å². The first-order chi connectivity index (χ1) is 12.0. The highest BCUT2D eigenvalue weighted by Gasteiger charge is 2.26. The number of quaternary nitrogens is 1. The summed E-state index contributed by atoms with van der Waals surface area (Å²) >= 11 is 0. The predicted molar refractivity (Wildman–Crippen MR) is 97.9 cm³/mol. The van der Waals surface area contributed by atoms with E-state index in [1.165, 1.54) is 11.3 Å². The van der Waals surface area contributed by atoms with Gasteiger partial charge in [0.15, 0.2) is 5.82 Å². The third-order valence-corrected chi connectivity index (χ3v) is 4.53. The van der Waals surface area contributed by atoms with Gasteiger partial charge in [-0.15, -0.1) is 0 Å². The van der Waals surface area contributed by atoms with E-state index in [-0.39, 0.29) is 5.95 Å². The standard InChI is InChI=1S/C18H26N6O/c1-12-8-13(2)10-24(9-12)11-16-21-17(19)23-18(22-16)20-14-4-6-15(25-3)7-5-14/h4-7,12-13H,8-11H2,1-3H3,(H3,19,20,21,22,23)/p+1/t12-,13-/m1/s1. The van der Waals surface area contributed by atoms with E-state index in [4.69, 9.17) is 10.5 Å². The maximum atomic E-state index is 5.89. The van der Waals surface area contributed by atoms with Gasteiger partial charge in [0.1, 0.15) is 12.3 Å². The number of ether oxygens (including phenoxy) is 1. The monoisotopic (exact) mass is 343 g/mol. The van der Waals surface area contributed by atoms with Crippen LogP contribution >= 0.6 is 0 Å². The number of benzene rings is 1. The van der Waals surface area contributed by atoms with Gasteiger partial charge >= 0.3 is 0 Å². The molecular weight excluding hydrogens is 316 g/mol. The van der Waals surface area contributed by atoms with Crippen molar-refractivity contribution in [2.75, 3.05) is 31.2 Å². The van der Waals surface area contributed by atoms with Gasteiger partial charge in [0.25, 0.3) is 0 Å². The summed E-state index contributed by atoms with van der Waals surface area (Å²) < 4.78 is 5.17. The molecule has 134 valence electrons. The van der Waals surface area contributed by atoms with Gasteiger partial charge in [0, 0.05) is 17.5 Å². The van der Waals surface area contributed by atoms with Gasteiger partial charge in [-0.05, 0) is 30.7 Å². The van der Waals surface area contributed by atoms with Gasteiger partial charge in [0.05, 0.1) is 20.2 Å². The molecule has 1 fully saturated rings. The lowest BCUT2D eigenvalue weighted by Gasteiger charge is -2.31. The highest BCUT2D eigenvalue weighted by atomic mass is 16.5. The number of hydrogen-bond donors (Lipinski definition) is 3. The quantitative estimate of drug-likeness (QED) is 0.757. The summed E-state index contributed by atoms with van der Waals surface area (Å²) in [7, 11) is 1.64. The first-order valence-corrected chi connectivity index (χ1v) is 8.77. The van der Waals surface area contributed by atoms with Crippen molar-refractivity contribution in [3.05, 3.63) is 30.1 Å². The molecule has 2 atom stereocenters. The summed E-state index contributed by atoms with van der Waals surface area (Å²) in [5.74, 6) is 3.73. The summed E-state index contributed by atoms with van der Waals surface area (Å²) in [6.45, 7) is 7.70. The molecule has 0 saturated carbocycles. The van der Waals surface area contributed by atoms with Crippen molar-refractivity contribution >= 4 is 17.6 Å². The fourth-order valence-electron chi connectivity index (χ4n) is 3.67. The van der Waals surface area contributed by atoms with E-state index in [9.17, 15) is 0 Å². The fourth-order valence-corrected chi connectivity index (χ4v) is 3.67. The Morgan fingerprint density at radius 2 is 1.80 bits per heavy atom. The molecule has 0 bridgehead atoms. The van der Waals surface area contributed by atoms with E-state index in [1.54, 1.807) is 7.11 Å². The average Bonchev–Trinajstić information content (AvgIpc) is 2.54. The van der Waals surface area contributed by atoms with Crippen LogP contribution in [0.3, 0.4) is 0 Å². The zero-order valence-corrected chi connectivity index (χ0v) is 15.1. The highest BCUT2D eigenvalue weighted by Crippen LogP contribution is 2.18. The van der Waals surface area contributed by atoms with Crippen LogP contribution in [-0.4, -0.2) is 35.2 Å². The second-order valence-corrected chi connectivity index (χ2v) is 7.07. The minimum atomic E-state index is 0.249. The molecule has 25 heavy (non-hydrogen) atoms. The van der Waals surface area contributed by atoms with Crippen molar-refractivity contribution in [2.45, 2.75) is 26.8 Å². The van der Waals surface area contributed by atoms with Crippen LogP contribution in [0, 0.1) is 11.8 Å². The van der Waals surface area contributed by atoms with E-state index in [0.717, 1.165) is 48.7 Å². The topological polar surface area (TPSA) is 90.4 Å². The molecule has 2 heterocycles. The molecule has 1 saturated heterocycles. The Labute approximate surface area is 148 Å². The zero-order valence-electron chi connectivity index (χ0n) is 15.1. The van der Waals surface area contributed by atoms with E-state index in [1.807, 2.05) is 24.3 Å². The number of hydrogen-bond acceptors (Lipinski definition) is 6. The Morgan fingerprint density at radius 3 is 2.44 bits per heavy atom. The van der Waals surface area contributed by atoms with Crippen molar-refractivity contribution in [3.8, 4) is 5.75 Å². The number of nitrogen functional groups attached to an aromatic ring is 1. The van der Waals surface area contributed by atoms with Crippen LogP contribution in [0.15, 0.2) is 24.3 Å². The van der Waals surface area contributed by atoms with Crippen LogP contribution < -0.4 is 20.7 Å². The summed E-state index contributed by atoms with van der Waals surface area (Å²) in [5.41, 5.74) is 6.77. The molecule has 0 spiro atoms. The number of aromatic nitrogens is 3. The highest BCUT2D eigenvalue weighted by molar-refractivity contribution is 5.55. The van der Waals surface area contributed by atoms with Crippen LogP contribution in [0.25, 0.3) is 0 Å². The number of nitrogens with one attached hydrogen (secondary N) is 2. The lowest BCUT2D eigenvalue weighted by atomic mass is 9.92. The molecular formula is C18H27N6O+. The van der Waals surface area contributed by atoms with E-state index < -0.39 is 0 Å². The Balaban J connectivity index is 1.71. The number of piperidine rings is 1. The largest absolute Gasteiger partial charge is 0.497 e. The SMILES string of the molecule is COc1ccc(Nc2nc(N)nc(C[NH+]3C[C@H](C)C[C@@H](C)C3)n2)cc1. The van der Waals surface area contributed by atoms with Crippen LogP contribution in [0.4, 0.5) is 17.6 Å². The Morgan fingerprint density at radius 1 is 1.12 bits per heavy atom. The summed E-state index contributed by atoms with van der Waals surface area (Å²) in [5, 5.41) is 3.18. The molecule has 0 aliphatic carbocycles. The van der Waals surface area contributed by atoms with Crippen molar-refractivity contribution in [1.29, 1.82) is 0 Å². The number of nitrogens with two attached hydrogens (primary N) is 1. The van der Waals surface area contributed by atoms with Crippen molar-refractivity contribution < 1.29 is 9.64 Å². The van der Waals surface area contributed by atoms with Crippen LogP contribution in [-0.2, 0) is 6.54 Å². The zero-order chi connectivity index (χ0) is 17.8. The normalized spacial score (nSPS) is 23.2. The van der Waals surface area contributed by atoms with Crippen molar-refractivity contribution in [1.82, 2.24) is 15.0 Å². The first-order valence-electron chi connectivity index (χ1n) is 8.77. The maximum absolute atomic E-state index is 5.89. The van der Waals surface area contributed by atoms with Crippen LogP contribution in [0.1, 0.15) is 26.1 Å². The van der Waals surface area contributed by atoms with Crippen LogP contribution in [0.2, 0.25) is 0 Å². The third kappa shape index (κ3) is 4.79. The molecule has 7 nitrogen and oxygen atoms in total. The molecule has 1 aromatic heterocycles. The smallest absolute Gasteiger partial charge is 0.232 e. The summed E-state index contributed by atoms with van der Waals surface area (Å²) in [4.78, 5) is 14.6. The van der Waals surface area contributed by atoms with Gasteiger partial charge in [-0.1, -0.05) is 13.8 Å². The van der Waals surface area contributed by atoms with Crippen LogP contribution in [0.5, 0.6) is 5.75 Å². The maximum Gasteiger partial charge on any atom is 0.232 e. The van der Waals surface area contributed by atoms with Crippen molar-refractivity contribution in [2.24, 2.45) is 11.8 Å². The lowest BCUT2D eigenvalue weighted by Crippen LogP contribution is -3.13. The summed E-state index contributed by atoms with van der Waals surface area (Å²) in [6, 6.07) is 7.60. The van der Waals surface area contributed by atoms with Gasteiger partial charge in [-0.3, -0.25) is 0 Å². The molecule has 4 N–H and O–H groups in total. The third-order valence-electron chi connectivity index (χ3n) is 4.53. The van der Waals surface area contributed by atoms with Crippen molar-refractivity contribution in [3.63, 3.8) is 0 Å². The Hall–Kier alpha value is -2.41. The fraction of sp³-hybridized carbons (Fsp3) is 0.500. The molecule has 1 aliphatic heterocycles. The molecule has 0 amide bonds. The minimum absolute atomic E-state index is 0.249. The number of rotatable bonds is 5. The Kier molecular flexibility index (Phi) is 5.33. The Bertz CT molecular complexity index is 695. The molecule has 7 heteroatoms. The molecule has 2 aromatic rings. The minimum Gasteiger partial charge on any atom is -0.497 e. The second-order valence-electron chi connectivity index (χ2n) is 7.07. The van der Waals surface area contributed by atoms with E-state index in [2.05, 4.69) is 34.1 Å². The summed E-state index contributed by atoms with van der Waals surface area (Å²) in [6.07, 6.45) is 1.30. The van der Waals surface area contributed by atoms with Gasteiger partial charge < -0.3 is 20.7 Å². The second kappa shape index (κ2) is 7.65. The molecule has 1 aliphatic rings. The van der Waals surface area contributed by atoms with E-state index >= 15 is 0 Å². The van der Waals surface area contributed by atoms with E-state index in [0.29, 0.717) is 5.95 Å². The average molecular weight is 343 g/mol. The van der Waals surface area contributed by atoms with Gasteiger partial charge in [-0.25, -0.2) is 0 Å². The number of nitrogens with zero attached hydrogens (tertiary/aromatic N) is 3. The van der Waals surface area contributed by atoms with Gasteiger partial charge in [0.2, 0.25) is 11.9 Å². The lowest BCUT2D eigenvalue weighted by molar-refractivity contribution is -0.926. The number of anilines is 3.